The zero-order chi connectivity index (χ0) is 24.8. The second-order valence-corrected chi connectivity index (χ2v) is 8.64. The maximum Gasteiger partial charge on any atom is 0.303 e. The summed E-state index contributed by atoms with van der Waals surface area (Å²) in [6, 6.07) is 7.65. The van der Waals surface area contributed by atoms with E-state index in [1.807, 2.05) is 0 Å². The second-order valence-electron chi connectivity index (χ2n) is 7.58. The molecule has 10 nitrogen and oxygen atoms in total. The summed E-state index contributed by atoms with van der Waals surface area (Å²) in [5.41, 5.74) is -1.16. The SMILES string of the molecule is CC(=O)OC[C@]1(OC(C)=O)[C@H](NC(=O)Cc2ccccc2)[C@H](OC(C)=O)[C@@H](Br)[C@@H]1OC(C)=O. The summed E-state index contributed by atoms with van der Waals surface area (Å²) in [5.74, 6) is -3.36. The van der Waals surface area contributed by atoms with Gasteiger partial charge in [-0.2, -0.15) is 0 Å². The molecule has 180 valence electrons. The molecule has 1 aromatic carbocycles. The first-order valence-corrected chi connectivity index (χ1v) is 11.0. The van der Waals surface area contributed by atoms with Crippen LogP contribution in [-0.4, -0.2) is 65.1 Å². The summed E-state index contributed by atoms with van der Waals surface area (Å²) < 4.78 is 21.6. The fraction of sp³-hybridized carbons (Fsp3) is 0.500. The first kappa shape index (κ1) is 26.3. The highest BCUT2D eigenvalue weighted by molar-refractivity contribution is 9.09. The van der Waals surface area contributed by atoms with Gasteiger partial charge >= 0.3 is 23.9 Å². The normalized spacial score (nSPS) is 26.1. The highest BCUT2D eigenvalue weighted by Gasteiger charge is 2.67. The summed E-state index contributed by atoms with van der Waals surface area (Å²) in [4.78, 5) is 59.4. The van der Waals surface area contributed by atoms with Crippen LogP contribution in [-0.2, 0) is 49.3 Å². The number of benzene rings is 1. The summed E-state index contributed by atoms with van der Waals surface area (Å²) in [7, 11) is 0. The van der Waals surface area contributed by atoms with Gasteiger partial charge in [0.25, 0.3) is 0 Å². The monoisotopic (exact) mass is 527 g/mol. The van der Waals surface area contributed by atoms with Crippen LogP contribution < -0.4 is 5.32 Å². The van der Waals surface area contributed by atoms with Gasteiger partial charge in [-0.25, -0.2) is 0 Å². The third-order valence-electron chi connectivity index (χ3n) is 4.89. The van der Waals surface area contributed by atoms with E-state index < -0.39 is 65.1 Å². The molecule has 1 aromatic rings. The molecule has 0 aliphatic heterocycles. The van der Waals surface area contributed by atoms with Crippen molar-refractivity contribution in [1.29, 1.82) is 0 Å². The molecule has 0 spiro atoms. The molecular formula is C22H26BrNO9. The van der Waals surface area contributed by atoms with Gasteiger partial charge in [0, 0.05) is 27.7 Å². The van der Waals surface area contributed by atoms with Crippen molar-refractivity contribution in [3.05, 3.63) is 35.9 Å². The smallest absolute Gasteiger partial charge is 0.303 e. The van der Waals surface area contributed by atoms with Gasteiger partial charge in [-0.05, 0) is 5.56 Å². The number of nitrogens with one attached hydrogen (secondary N) is 1. The van der Waals surface area contributed by atoms with E-state index in [-0.39, 0.29) is 6.42 Å². The maximum absolute atomic E-state index is 12.9. The van der Waals surface area contributed by atoms with E-state index in [4.69, 9.17) is 18.9 Å². The van der Waals surface area contributed by atoms with Crippen molar-refractivity contribution in [2.45, 2.75) is 62.8 Å². The van der Waals surface area contributed by atoms with Gasteiger partial charge in [0.05, 0.1) is 11.2 Å². The zero-order valence-electron chi connectivity index (χ0n) is 18.7. The fourth-order valence-electron chi connectivity index (χ4n) is 3.76. The molecule has 11 heteroatoms. The fourth-order valence-corrected chi connectivity index (χ4v) is 4.73. The van der Waals surface area contributed by atoms with Crippen molar-refractivity contribution in [1.82, 2.24) is 5.32 Å². The van der Waals surface area contributed by atoms with Gasteiger partial charge in [-0.15, -0.1) is 0 Å². The number of carbonyl (C=O) groups is 5. The molecule has 33 heavy (non-hydrogen) atoms. The number of alkyl halides is 1. The van der Waals surface area contributed by atoms with Gasteiger partial charge in [0.1, 0.15) is 18.8 Å². The van der Waals surface area contributed by atoms with Crippen LogP contribution in [0.3, 0.4) is 0 Å². The van der Waals surface area contributed by atoms with Gasteiger partial charge in [0.15, 0.2) is 6.10 Å². The molecule has 1 N–H and O–H groups in total. The predicted octanol–water partition coefficient (Wildman–Crippen LogP) is 1.22. The Balaban J connectivity index is 2.53. The Morgan fingerprint density at radius 3 is 2.03 bits per heavy atom. The highest BCUT2D eigenvalue weighted by Crippen LogP contribution is 2.42. The average molecular weight is 528 g/mol. The number of rotatable bonds is 8. The van der Waals surface area contributed by atoms with Gasteiger partial charge in [-0.3, -0.25) is 24.0 Å². The number of carbonyl (C=O) groups excluding carboxylic acids is 5. The molecular weight excluding hydrogens is 502 g/mol. The Morgan fingerprint density at radius 2 is 1.52 bits per heavy atom. The Labute approximate surface area is 199 Å². The summed E-state index contributed by atoms with van der Waals surface area (Å²) in [6.45, 7) is 4.02. The van der Waals surface area contributed by atoms with Crippen LogP contribution in [0.4, 0.5) is 0 Å². The summed E-state index contributed by atoms with van der Waals surface area (Å²) in [5, 5.41) is 2.73. The molecule has 0 heterocycles. The number of esters is 4. The Morgan fingerprint density at radius 1 is 0.909 bits per heavy atom. The van der Waals surface area contributed by atoms with Crippen LogP contribution in [0, 0.1) is 0 Å². The quantitative estimate of drug-likeness (QED) is 0.300. The van der Waals surface area contributed by atoms with Crippen LogP contribution in [0.5, 0.6) is 0 Å². The van der Waals surface area contributed by atoms with Crippen molar-refractivity contribution in [2.24, 2.45) is 0 Å². The van der Waals surface area contributed by atoms with E-state index in [0.29, 0.717) is 5.56 Å². The molecule has 0 saturated heterocycles. The first-order valence-electron chi connectivity index (χ1n) is 10.1. The summed E-state index contributed by atoms with van der Waals surface area (Å²) in [6.07, 6.45) is -2.41. The molecule has 1 fully saturated rings. The molecule has 2 rings (SSSR count). The Bertz CT molecular complexity index is 906. The molecule has 1 aliphatic carbocycles. The average Bonchev–Trinajstić information content (AvgIpc) is 2.89. The van der Waals surface area contributed by atoms with E-state index in [2.05, 4.69) is 21.2 Å². The topological polar surface area (TPSA) is 134 Å². The van der Waals surface area contributed by atoms with Crippen LogP contribution in [0.1, 0.15) is 33.3 Å². The van der Waals surface area contributed by atoms with E-state index >= 15 is 0 Å². The van der Waals surface area contributed by atoms with E-state index in [1.165, 1.54) is 6.92 Å². The predicted molar refractivity (Wildman–Crippen MR) is 117 cm³/mol. The van der Waals surface area contributed by atoms with Crippen LogP contribution in [0.2, 0.25) is 0 Å². The van der Waals surface area contributed by atoms with Crippen LogP contribution >= 0.6 is 15.9 Å². The first-order chi connectivity index (χ1) is 15.5. The lowest BCUT2D eigenvalue weighted by molar-refractivity contribution is -0.195. The highest BCUT2D eigenvalue weighted by atomic mass is 79.9. The minimum absolute atomic E-state index is 0.0287. The van der Waals surface area contributed by atoms with Crippen molar-refractivity contribution in [3.63, 3.8) is 0 Å². The number of hydrogen-bond acceptors (Lipinski definition) is 9. The second kappa shape index (κ2) is 11.3. The lowest BCUT2D eigenvalue weighted by atomic mass is 9.94. The van der Waals surface area contributed by atoms with E-state index in [0.717, 1.165) is 20.8 Å². The third kappa shape index (κ3) is 6.77. The van der Waals surface area contributed by atoms with Gasteiger partial charge in [-0.1, -0.05) is 46.3 Å². The third-order valence-corrected chi connectivity index (χ3v) is 5.89. The van der Waals surface area contributed by atoms with Gasteiger partial charge in [0.2, 0.25) is 11.5 Å². The maximum atomic E-state index is 12.9. The summed E-state index contributed by atoms with van der Waals surface area (Å²) >= 11 is 3.36. The molecule has 0 bridgehead atoms. The van der Waals surface area contributed by atoms with Gasteiger partial charge < -0.3 is 24.3 Å². The minimum atomic E-state index is -1.87. The van der Waals surface area contributed by atoms with E-state index in [1.54, 1.807) is 30.3 Å². The molecule has 0 unspecified atom stereocenters. The van der Waals surface area contributed by atoms with Crippen LogP contribution in [0.15, 0.2) is 30.3 Å². The molecule has 1 amide bonds. The zero-order valence-corrected chi connectivity index (χ0v) is 20.2. The minimum Gasteiger partial charge on any atom is -0.461 e. The van der Waals surface area contributed by atoms with Crippen molar-refractivity contribution < 1.29 is 42.9 Å². The molecule has 1 aliphatic rings. The van der Waals surface area contributed by atoms with Crippen molar-refractivity contribution >= 4 is 45.7 Å². The lowest BCUT2D eigenvalue weighted by Gasteiger charge is -2.38. The number of hydrogen-bond donors (Lipinski definition) is 1. The van der Waals surface area contributed by atoms with Crippen molar-refractivity contribution in [3.8, 4) is 0 Å². The van der Waals surface area contributed by atoms with Crippen molar-refractivity contribution in [2.75, 3.05) is 6.61 Å². The molecule has 5 atom stereocenters. The lowest BCUT2D eigenvalue weighted by Crippen LogP contribution is -2.62. The van der Waals surface area contributed by atoms with Crippen LogP contribution in [0.25, 0.3) is 0 Å². The number of ether oxygens (including phenoxy) is 4. The molecule has 0 aromatic heterocycles. The molecule has 1 saturated carbocycles. The molecule has 0 radical (unpaired) electrons. The standard InChI is InChI=1S/C22H26BrNO9/c1-12(25)30-11-22(33-15(4)28)20(24-17(29)10-16-8-6-5-7-9-16)19(31-13(2)26)18(23)21(22)32-14(3)27/h5-9,18-21H,10-11H2,1-4H3,(H,24,29)/t18-,19-,20-,21+,22+/m1/s1. The Hall–Kier alpha value is -2.95. The largest absolute Gasteiger partial charge is 0.461 e. The number of halogens is 1. The number of amides is 1. The van der Waals surface area contributed by atoms with E-state index in [9.17, 15) is 24.0 Å². The Kier molecular flexibility index (Phi) is 8.98.